The highest BCUT2D eigenvalue weighted by atomic mass is 127. The molecule has 1 aromatic rings. The van der Waals surface area contributed by atoms with Crippen LogP contribution in [0.15, 0.2) is 24.4 Å². The molecule has 43 heavy (non-hydrogen) atoms. The van der Waals surface area contributed by atoms with Gasteiger partial charge in [0.25, 0.3) is 0 Å². The van der Waals surface area contributed by atoms with Crippen LogP contribution in [0.25, 0.3) is 0 Å². The lowest BCUT2D eigenvalue weighted by atomic mass is 10.0. The van der Waals surface area contributed by atoms with Crippen molar-refractivity contribution in [1.82, 2.24) is 4.90 Å². The Kier molecular flexibility index (Phi) is 24.0. The number of hydrogen-bond acceptors (Lipinski definition) is 5. The highest BCUT2D eigenvalue weighted by Gasteiger charge is 2.29. The molecule has 0 radical (unpaired) electrons. The molecule has 0 bridgehead atoms. The third kappa shape index (κ3) is 18.3. The van der Waals surface area contributed by atoms with E-state index in [1.807, 2.05) is 35.9 Å². The molecular weight excluding hydrogens is 655 g/mol. The van der Waals surface area contributed by atoms with Crippen molar-refractivity contribution in [3.05, 3.63) is 30.1 Å². The van der Waals surface area contributed by atoms with Crippen LogP contribution >= 0.6 is 0 Å². The molecule has 2 rings (SSSR count). The average molecular weight is 717 g/mol. The summed E-state index contributed by atoms with van der Waals surface area (Å²) >= 11 is 0. The first-order valence-corrected chi connectivity index (χ1v) is 17.2. The zero-order valence-corrected chi connectivity index (χ0v) is 29.7. The van der Waals surface area contributed by atoms with E-state index in [2.05, 4.69) is 6.92 Å². The molecule has 2 atom stereocenters. The molecule has 1 fully saturated rings. The first kappa shape index (κ1) is 39.8. The Morgan fingerprint density at radius 3 is 2.00 bits per heavy atom. The number of imide groups is 1. The molecule has 248 valence electrons. The van der Waals surface area contributed by atoms with Gasteiger partial charge in [0.15, 0.2) is 6.20 Å². The summed E-state index contributed by atoms with van der Waals surface area (Å²) < 4.78 is 19.2. The molecular formula is C35H61IN2O5. The van der Waals surface area contributed by atoms with Gasteiger partial charge in [-0.2, -0.15) is 0 Å². The van der Waals surface area contributed by atoms with Gasteiger partial charge in [0.1, 0.15) is 19.7 Å². The summed E-state index contributed by atoms with van der Waals surface area (Å²) in [5.41, 5.74) is 0.880. The van der Waals surface area contributed by atoms with Crippen LogP contribution in [0.3, 0.4) is 0 Å². The van der Waals surface area contributed by atoms with E-state index in [0.717, 1.165) is 36.6 Å². The number of aryl methyl sites for hydroxylation is 1. The summed E-state index contributed by atoms with van der Waals surface area (Å²) in [6.45, 7) is 8.91. The Labute approximate surface area is 279 Å². The first-order chi connectivity index (χ1) is 20.5. The minimum Gasteiger partial charge on any atom is -1.00 e. The summed E-state index contributed by atoms with van der Waals surface area (Å²) in [6.07, 6.45) is 23.9. The maximum Gasteiger partial charge on any atom is 0.417 e. The lowest BCUT2D eigenvalue weighted by Gasteiger charge is -2.19. The molecule has 1 aliphatic heterocycles. The molecule has 0 unspecified atom stereocenters. The van der Waals surface area contributed by atoms with Crippen molar-refractivity contribution in [1.29, 1.82) is 0 Å². The second kappa shape index (κ2) is 26.0. The molecule has 0 N–H and O–H groups in total. The van der Waals surface area contributed by atoms with E-state index in [1.54, 1.807) is 0 Å². The van der Waals surface area contributed by atoms with Crippen LogP contribution in [0.1, 0.15) is 136 Å². The largest absolute Gasteiger partial charge is 1.00 e. The van der Waals surface area contributed by atoms with E-state index >= 15 is 0 Å². The van der Waals surface area contributed by atoms with E-state index in [1.165, 1.54) is 103 Å². The molecule has 1 saturated heterocycles. The number of ether oxygens (including phenoxy) is 3. The highest BCUT2D eigenvalue weighted by Crippen LogP contribution is 2.21. The van der Waals surface area contributed by atoms with Crippen molar-refractivity contribution < 1.29 is 52.3 Å². The number of amides is 2. The SMILES string of the molecule is CCCCCCCCCCCCCCCCCCOC[C@H]1CO[C@H](COC(=O)N(Cc2cccc[n+]2CC)C(C)=O)C1.[I-]. The van der Waals surface area contributed by atoms with Gasteiger partial charge in [0.2, 0.25) is 11.6 Å². The van der Waals surface area contributed by atoms with Crippen LogP contribution in [0.5, 0.6) is 0 Å². The van der Waals surface area contributed by atoms with Gasteiger partial charge in [-0.15, -0.1) is 0 Å². The zero-order valence-electron chi connectivity index (χ0n) is 27.5. The van der Waals surface area contributed by atoms with Crippen molar-refractivity contribution in [3.63, 3.8) is 0 Å². The van der Waals surface area contributed by atoms with Gasteiger partial charge >= 0.3 is 6.09 Å². The standard InChI is InChI=1S/C35H61N2O5.HI/c1-4-6-7-8-9-10-11-12-13-14-15-16-17-18-19-22-25-40-28-32-26-34(41-29-32)30-42-35(39)37(31(3)38)27-33-23-20-21-24-36(33)5-2;/h20-21,23-24,32,34H,4-19,22,25-30H2,1-3H3;1H/q+1;/p-1/t32-,34-;/m0./s1. The minimum atomic E-state index is -0.624. The van der Waals surface area contributed by atoms with E-state index in [-0.39, 0.29) is 49.1 Å². The monoisotopic (exact) mass is 716 g/mol. The number of carbonyl (C=O) groups excluding carboxylic acids is 2. The minimum absolute atomic E-state index is 0. The predicted octanol–water partition coefficient (Wildman–Crippen LogP) is 5.17. The average Bonchev–Trinajstić information content (AvgIpc) is 3.45. The molecule has 0 aromatic carbocycles. The molecule has 0 spiro atoms. The van der Waals surface area contributed by atoms with Crippen LogP contribution in [-0.4, -0.2) is 49.4 Å². The summed E-state index contributed by atoms with van der Waals surface area (Å²) in [5.74, 6) is -0.00860. The van der Waals surface area contributed by atoms with Crippen LogP contribution in [0.2, 0.25) is 0 Å². The van der Waals surface area contributed by atoms with Gasteiger partial charge in [-0.05, 0) is 19.8 Å². The lowest BCUT2D eigenvalue weighted by Crippen LogP contribution is -3.00. The van der Waals surface area contributed by atoms with E-state index in [0.29, 0.717) is 19.1 Å². The quantitative estimate of drug-likeness (QED) is 0.0840. The van der Waals surface area contributed by atoms with E-state index < -0.39 is 6.09 Å². The number of hydrogen-bond donors (Lipinski definition) is 0. The fraction of sp³-hybridized carbons (Fsp3) is 0.800. The normalized spacial score (nSPS) is 16.2. The van der Waals surface area contributed by atoms with E-state index in [4.69, 9.17) is 14.2 Å². The Bertz CT molecular complexity index is 855. The second-order valence-electron chi connectivity index (χ2n) is 12.1. The summed E-state index contributed by atoms with van der Waals surface area (Å²) in [6, 6.07) is 5.75. The molecule has 7 nitrogen and oxygen atoms in total. The van der Waals surface area contributed by atoms with Crippen LogP contribution in [0.4, 0.5) is 4.79 Å². The van der Waals surface area contributed by atoms with Crippen molar-refractivity contribution >= 4 is 12.0 Å². The molecule has 2 amide bonds. The number of carbonyl (C=O) groups is 2. The van der Waals surface area contributed by atoms with E-state index in [9.17, 15) is 9.59 Å². The Hall–Kier alpha value is -1.26. The summed E-state index contributed by atoms with van der Waals surface area (Å²) in [5, 5.41) is 0. The van der Waals surface area contributed by atoms with Crippen LogP contribution in [-0.2, 0) is 32.1 Å². The number of aromatic nitrogens is 1. The third-order valence-corrected chi connectivity index (χ3v) is 8.35. The van der Waals surface area contributed by atoms with Gasteiger partial charge in [-0.1, -0.05) is 109 Å². The smallest absolute Gasteiger partial charge is 0.417 e. The van der Waals surface area contributed by atoms with Crippen LogP contribution < -0.4 is 28.5 Å². The topological polar surface area (TPSA) is 69.0 Å². The van der Waals surface area contributed by atoms with Gasteiger partial charge in [-0.3, -0.25) is 4.79 Å². The predicted molar refractivity (Wildman–Crippen MR) is 168 cm³/mol. The van der Waals surface area contributed by atoms with Crippen molar-refractivity contribution in [2.24, 2.45) is 5.92 Å². The number of unbranched alkanes of at least 4 members (excludes halogenated alkanes) is 15. The van der Waals surface area contributed by atoms with Gasteiger partial charge < -0.3 is 38.2 Å². The zero-order chi connectivity index (χ0) is 30.3. The van der Waals surface area contributed by atoms with Crippen molar-refractivity contribution in [3.8, 4) is 0 Å². The van der Waals surface area contributed by atoms with Gasteiger partial charge in [-0.25, -0.2) is 14.3 Å². The molecule has 0 saturated carbocycles. The Balaban J connectivity index is 0.00000924. The summed E-state index contributed by atoms with van der Waals surface area (Å²) in [7, 11) is 0. The van der Waals surface area contributed by atoms with Crippen molar-refractivity contribution in [2.45, 2.75) is 149 Å². The molecule has 0 aliphatic carbocycles. The molecule has 8 heteroatoms. The third-order valence-electron chi connectivity index (χ3n) is 8.35. The fourth-order valence-electron chi connectivity index (χ4n) is 5.69. The maximum atomic E-state index is 12.7. The lowest BCUT2D eigenvalue weighted by molar-refractivity contribution is -0.701. The first-order valence-electron chi connectivity index (χ1n) is 17.2. The Morgan fingerprint density at radius 2 is 1.44 bits per heavy atom. The molecule has 1 aliphatic rings. The maximum absolute atomic E-state index is 12.7. The van der Waals surface area contributed by atoms with Gasteiger partial charge in [0.05, 0.1) is 19.3 Å². The Morgan fingerprint density at radius 1 is 0.860 bits per heavy atom. The van der Waals surface area contributed by atoms with Crippen molar-refractivity contribution in [2.75, 3.05) is 26.4 Å². The molecule has 1 aromatic heterocycles. The second-order valence-corrected chi connectivity index (χ2v) is 12.1. The number of nitrogens with zero attached hydrogens (tertiary/aromatic N) is 2. The van der Waals surface area contributed by atoms with Crippen LogP contribution in [0, 0.1) is 5.92 Å². The molecule has 2 heterocycles. The number of rotatable bonds is 24. The highest BCUT2D eigenvalue weighted by molar-refractivity contribution is 5.90. The van der Waals surface area contributed by atoms with Gasteiger partial charge in [0, 0.05) is 31.6 Å². The number of pyridine rings is 1. The summed E-state index contributed by atoms with van der Waals surface area (Å²) in [4.78, 5) is 26.0. The fourth-order valence-corrected chi connectivity index (χ4v) is 5.69. The number of halogens is 1.